The molecule has 0 fully saturated rings. The van der Waals surface area contributed by atoms with E-state index in [0.29, 0.717) is 6.92 Å². The maximum Gasteiger partial charge on any atom is 0.267 e. The molecule has 1 N–H and O–H groups in total. The number of nitrogens with zero attached hydrogens (tertiary/aromatic N) is 1. The number of fused-ring (bicyclic) bond motifs is 1. The Morgan fingerprint density at radius 2 is 2.04 bits per heavy atom. The van der Waals surface area contributed by atoms with Crippen LogP contribution in [0, 0.1) is 12.4 Å². The minimum atomic E-state index is -4.95. The Balaban J connectivity index is 2.26. The normalized spacial score (nSPS) is 26.4. The molecule has 1 aliphatic heterocycles. The topological polar surface area (TPSA) is 68.0 Å². The zero-order valence-electron chi connectivity index (χ0n) is 14.5. The summed E-state index contributed by atoms with van der Waals surface area (Å²) in [6.07, 6.45) is -6.99. The van der Waals surface area contributed by atoms with Gasteiger partial charge >= 0.3 is 0 Å². The Bertz CT molecular complexity index is 1130. The number of hydrogen-bond acceptors (Lipinski definition) is 4. The molecule has 5 nitrogen and oxygen atoms in total. The van der Waals surface area contributed by atoms with Gasteiger partial charge in [0.1, 0.15) is 23.4 Å². The third-order valence-electron chi connectivity index (χ3n) is 4.05. The average Bonchev–Trinajstić information content (AvgIpc) is 2.69. The van der Waals surface area contributed by atoms with Crippen LogP contribution in [0.2, 0.25) is 0 Å². The van der Waals surface area contributed by atoms with Crippen LogP contribution in [0.5, 0.6) is 11.5 Å². The van der Waals surface area contributed by atoms with Crippen LogP contribution in [-0.2, 0) is 9.84 Å². The molecule has 3 rings (SSSR count). The largest absolute Gasteiger partial charge is 0.458 e. The number of rotatable bonds is 3. The number of benzene rings is 2. The third kappa shape index (κ3) is 2.83. The second-order valence-electron chi connectivity index (χ2n) is 5.78. The van der Waals surface area contributed by atoms with Crippen molar-refractivity contribution < 1.29 is 37.2 Å². The van der Waals surface area contributed by atoms with Gasteiger partial charge in [-0.05, 0) is 31.2 Å². The van der Waals surface area contributed by atoms with Crippen LogP contribution in [-0.4, -0.2) is 18.5 Å². The fraction of sp³-hybridized carbons (Fsp3) is 0.235. The van der Waals surface area contributed by atoms with Gasteiger partial charge in [-0.1, -0.05) is 0 Å². The third-order valence-corrected chi connectivity index (χ3v) is 6.17. The van der Waals surface area contributed by atoms with Crippen molar-refractivity contribution in [3.8, 4) is 11.5 Å². The highest BCUT2D eigenvalue weighted by Crippen LogP contribution is 2.53. The molecule has 142 valence electrons. The maximum absolute atomic E-state index is 14.7. The fourth-order valence-corrected chi connectivity index (χ4v) is 4.20. The lowest BCUT2D eigenvalue weighted by Gasteiger charge is -2.19. The first-order valence-electron chi connectivity index (χ1n) is 7.82. The van der Waals surface area contributed by atoms with E-state index in [1.807, 2.05) is 0 Å². The van der Waals surface area contributed by atoms with Crippen LogP contribution in [0.3, 0.4) is 0 Å². The van der Waals surface area contributed by atoms with Gasteiger partial charge in [0.25, 0.3) is 6.43 Å². The molecule has 10 heteroatoms. The molecule has 1 aliphatic rings. The van der Waals surface area contributed by atoms with E-state index in [1.54, 1.807) is 0 Å². The molecule has 2 unspecified atom stereocenters. The fourth-order valence-electron chi connectivity index (χ4n) is 2.71. The Kier molecular flexibility index (Phi) is 4.09. The number of aliphatic hydroxyl groups is 1. The van der Waals surface area contributed by atoms with Crippen molar-refractivity contribution in [3.63, 3.8) is 0 Å². The second kappa shape index (κ2) is 6.21. The first-order valence-corrected chi connectivity index (χ1v) is 8.80. The summed E-state index contributed by atoms with van der Waals surface area (Å²) in [7, 11) is -4.95. The Morgan fingerprint density at radius 1 is 1.37 bits per heavy atom. The molecular weight excluding hydrogens is 390 g/mol. The predicted octanol–water partition coefficient (Wildman–Crippen LogP) is 4.61. The second-order valence-corrected chi connectivity index (χ2v) is 7.99. The number of alkyl halides is 3. The van der Waals surface area contributed by atoms with Crippen molar-refractivity contribution in [1.82, 2.24) is 0 Å². The van der Waals surface area contributed by atoms with Crippen LogP contribution < -0.4 is 4.74 Å². The van der Waals surface area contributed by atoms with Crippen LogP contribution >= 0.6 is 0 Å². The molecule has 2 aromatic carbocycles. The van der Waals surface area contributed by atoms with Crippen LogP contribution in [0.15, 0.2) is 35.2 Å². The molecule has 0 saturated heterocycles. The zero-order chi connectivity index (χ0) is 21.1. The molecule has 2 atom stereocenters. The lowest BCUT2D eigenvalue weighted by molar-refractivity contribution is 0.0596. The minimum absolute atomic E-state index is 0.189. The summed E-state index contributed by atoms with van der Waals surface area (Å²) in [6, 6.07) is 4.23. The smallest absolute Gasteiger partial charge is 0.267 e. The molecule has 1 heterocycles. The molecule has 0 aliphatic carbocycles. The van der Waals surface area contributed by atoms with Gasteiger partial charge in [0.15, 0.2) is 5.69 Å². The van der Waals surface area contributed by atoms with Crippen LogP contribution in [0.1, 0.15) is 31.9 Å². The predicted molar refractivity (Wildman–Crippen MR) is 85.8 cm³/mol. The monoisotopic (exact) mass is 402 g/mol. The van der Waals surface area contributed by atoms with E-state index < -0.39 is 54.9 Å². The van der Waals surface area contributed by atoms with E-state index in [2.05, 4.69) is 4.85 Å². The van der Waals surface area contributed by atoms with Crippen LogP contribution in [0.25, 0.3) is 4.85 Å². The summed E-state index contributed by atoms with van der Waals surface area (Å²) < 4.78 is 93.2. The van der Waals surface area contributed by atoms with E-state index in [9.17, 15) is 31.1 Å². The van der Waals surface area contributed by atoms with E-state index in [0.717, 1.165) is 30.3 Å². The number of hydrogen-bond donors (Lipinski definition) is 1. The number of halogens is 4. The average molecular weight is 402 g/mol. The maximum atomic E-state index is 14.7. The van der Waals surface area contributed by atoms with E-state index in [-0.39, 0.29) is 11.4 Å². The van der Waals surface area contributed by atoms with Crippen molar-refractivity contribution in [2.45, 2.75) is 29.3 Å². The van der Waals surface area contributed by atoms with Crippen molar-refractivity contribution >= 4 is 15.5 Å². The van der Waals surface area contributed by atoms with Gasteiger partial charge < -0.3 is 9.84 Å². The first kappa shape index (κ1) is 17.8. The lowest BCUT2D eigenvalue weighted by Crippen LogP contribution is -2.30. The molecule has 0 saturated carbocycles. The Morgan fingerprint density at radius 3 is 2.63 bits per heavy atom. The molecule has 0 radical (unpaired) electrons. The van der Waals surface area contributed by atoms with Crippen molar-refractivity contribution in [2.24, 2.45) is 0 Å². The molecular formula is C17H11F4NO4S. The number of sulfone groups is 1. The van der Waals surface area contributed by atoms with E-state index in [4.69, 9.17) is 12.7 Å². The summed E-state index contributed by atoms with van der Waals surface area (Å²) in [5.41, 5.74) is -2.55. The molecule has 27 heavy (non-hydrogen) atoms. The summed E-state index contributed by atoms with van der Waals surface area (Å²) >= 11 is 0. The van der Waals surface area contributed by atoms with Gasteiger partial charge in [0, 0.05) is 11.6 Å². The van der Waals surface area contributed by atoms with Gasteiger partial charge in [0.05, 0.1) is 18.4 Å². The van der Waals surface area contributed by atoms with Gasteiger partial charge in [0.2, 0.25) is 14.8 Å². The van der Waals surface area contributed by atoms with Crippen molar-refractivity contribution in [2.75, 3.05) is 0 Å². The summed E-state index contributed by atoms with van der Waals surface area (Å²) in [4.78, 5) is 2.03. The van der Waals surface area contributed by atoms with E-state index in [1.165, 1.54) is 0 Å². The van der Waals surface area contributed by atoms with Gasteiger partial charge in [-0.15, -0.1) is 0 Å². The highest BCUT2D eigenvalue weighted by Gasteiger charge is 2.57. The summed E-state index contributed by atoms with van der Waals surface area (Å²) in [6.45, 7) is 7.29. The van der Waals surface area contributed by atoms with Gasteiger partial charge in [-0.25, -0.2) is 30.8 Å². The first-order chi connectivity index (χ1) is 12.8. The van der Waals surface area contributed by atoms with Crippen molar-refractivity contribution in [1.29, 1.82) is 0 Å². The standard InChI is InChI=1S/C17H11F4NO4S/c1-17(21)15(23)14-12(27(17,24)25)4-3-11(13(14)16(19)20)26-10-6-8(18)5-9(7-10)22-2/h3-7,15-16,23H,1H3/i15D. The number of ether oxygens (including phenoxy) is 1. The summed E-state index contributed by atoms with van der Waals surface area (Å²) in [5, 5.41) is 6.60. The lowest BCUT2D eigenvalue weighted by atomic mass is 9.99. The highest BCUT2D eigenvalue weighted by atomic mass is 32.2. The molecule has 0 bridgehead atoms. The molecule has 0 spiro atoms. The summed E-state index contributed by atoms with van der Waals surface area (Å²) in [5.74, 6) is -1.96. The molecule has 0 amide bonds. The Hall–Kier alpha value is -2.64. The van der Waals surface area contributed by atoms with E-state index >= 15 is 0 Å². The van der Waals surface area contributed by atoms with Crippen LogP contribution in [0.4, 0.5) is 23.2 Å². The van der Waals surface area contributed by atoms with Gasteiger partial charge in [-0.3, -0.25) is 0 Å². The molecule has 0 aromatic heterocycles. The molecule has 2 aromatic rings. The Labute approximate surface area is 153 Å². The SMILES string of the molecule is [2H]C1(O)c2c(ccc(Oc3cc(F)cc([N+]#[C-])c3)c2C(F)F)S(=O)(=O)C1(C)F. The zero-order valence-corrected chi connectivity index (χ0v) is 14.3. The quantitative estimate of drug-likeness (QED) is 0.601. The van der Waals surface area contributed by atoms with Crippen molar-refractivity contribution in [3.05, 3.63) is 58.7 Å². The minimum Gasteiger partial charge on any atom is -0.458 e. The van der Waals surface area contributed by atoms with Gasteiger partial charge in [-0.2, -0.15) is 0 Å². The highest BCUT2D eigenvalue weighted by molar-refractivity contribution is 7.93.